The van der Waals surface area contributed by atoms with Crippen LogP contribution in [0.5, 0.6) is 0 Å². The number of hydrogen-bond acceptors (Lipinski definition) is 4. The molecule has 5 heteroatoms. The molecule has 0 atom stereocenters. The van der Waals surface area contributed by atoms with Crippen molar-refractivity contribution in [2.24, 2.45) is 5.92 Å². The van der Waals surface area contributed by atoms with Gasteiger partial charge < -0.3 is 4.90 Å². The normalized spacial score (nSPS) is 16.0. The van der Waals surface area contributed by atoms with Crippen molar-refractivity contribution < 1.29 is 4.79 Å². The third kappa shape index (κ3) is 4.08. The van der Waals surface area contributed by atoms with Crippen molar-refractivity contribution in [1.82, 2.24) is 20.1 Å². The topological polar surface area (TPSA) is 61.9 Å². The monoisotopic (exact) mass is 362 g/mol. The minimum Gasteiger partial charge on any atom is -0.303 e. The molecule has 0 unspecified atom stereocenters. The second kappa shape index (κ2) is 8.01. The van der Waals surface area contributed by atoms with Crippen LogP contribution in [0.3, 0.4) is 0 Å². The zero-order chi connectivity index (χ0) is 18.6. The fourth-order valence-electron chi connectivity index (χ4n) is 3.99. The van der Waals surface area contributed by atoms with Gasteiger partial charge in [-0.05, 0) is 62.0 Å². The van der Waals surface area contributed by atoms with Crippen LogP contribution in [0.4, 0.5) is 0 Å². The summed E-state index contributed by atoms with van der Waals surface area (Å²) in [5.74, 6) is 0.525. The smallest absolute Gasteiger partial charge is 0.142 e. The van der Waals surface area contributed by atoms with Crippen LogP contribution in [0.15, 0.2) is 42.9 Å². The molecule has 0 aliphatic carbocycles. The Morgan fingerprint density at radius 1 is 1.15 bits per heavy atom. The standard InChI is InChI=1S/C22H26N4O/c1-2-7-26-8-5-16(6-9-26)22(27)12-21-11-19-10-17(20-14-24-25-15-20)3-4-18(19)13-23-21/h3-4,10-11,13-16H,2,5-9,12H2,1H3,(H,24,25). The Morgan fingerprint density at radius 3 is 2.74 bits per heavy atom. The van der Waals surface area contributed by atoms with Gasteiger partial charge in [-0.25, -0.2) is 0 Å². The number of nitrogens with zero attached hydrogens (tertiary/aromatic N) is 3. The van der Waals surface area contributed by atoms with Gasteiger partial charge in [0.2, 0.25) is 0 Å². The van der Waals surface area contributed by atoms with Crippen molar-refractivity contribution in [1.29, 1.82) is 0 Å². The van der Waals surface area contributed by atoms with Gasteiger partial charge in [0.1, 0.15) is 5.78 Å². The van der Waals surface area contributed by atoms with Gasteiger partial charge in [-0.1, -0.05) is 19.1 Å². The van der Waals surface area contributed by atoms with E-state index in [1.165, 1.54) is 6.42 Å². The number of likely N-dealkylation sites (tertiary alicyclic amines) is 1. The molecule has 1 aromatic carbocycles. The van der Waals surface area contributed by atoms with Crippen molar-refractivity contribution in [3.63, 3.8) is 0 Å². The predicted molar refractivity (Wildman–Crippen MR) is 107 cm³/mol. The first kappa shape index (κ1) is 17.9. The van der Waals surface area contributed by atoms with Crippen LogP contribution in [0.25, 0.3) is 21.9 Å². The van der Waals surface area contributed by atoms with Gasteiger partial charge in [-0.3, -0.25) is 14.9 Å². The van der Waals surface area contributed by atoms with E-state index in [2.05, 4.69) is 51.3 Å². The number of pyridine rings is 1. The molecule has 1 fully saturated rings. The summed E-state index contributed by atoms with van der Waals surface area (Å²) < 4.78 is 0. The molecule has 27 heavy (non-hydrogen) atoms. The summed E-state index contributed by atoms with van der Waals surface area (Å²) in [6.07, 6.45) is 9.16. The molecule has 0 saturated carbocycles. The molecule has 140 valence electrons. The fourth-order valence-corrected chi connectivity index (χ4v) is 3.99. The molecule has 3 heterocycles. The molecule has 1 aliphatic rings. The second-order valence-electron chi connectivity index (χ2n) is 7.48. The second-order valence-corrected chi connectivity index (χ2v) is 7.48. The number of ketones is 1. The number of carbonyl (C=O) groups excluding carboxylic acids is 1. The highest BCUT2D eigenvalue weighted by atomic mass is 16.1. The number of rotatable bonds is 6. The first-order valence-corrected chi connectivity index (χ1v) is 9.86. The van der Waals surface area contributed by atoms with E-state index in [4.69, 9.17) is 0 Å². The average Bonchev–Trinajstić information content (AvgIpc) is 3.23. The van der Waals surface area contributed by atoms with Crippen molar-refractivity contribution in [2.75, 3.05) is 19.6 Å². The number of benzene rings is 1. The molecule has 2 aromatic heterocycles. The van der Waals surface area contributed by atoms with Crippen LogP contribution in [0.1, 0.15) is 31.9 Å². The number of aromatic nitrogens is 3. The van der Waals surface area contributed by atoms with E-state index in [0.29, 0.717) is 12.2 Å². The number of Topliss-reactive ketones (excluding diaryl/α,β-unsaturated/α-hetero) is 1. The largest absolute Gasteiger partial charge is 0.303 e. The molecule has 0 bridgehead atoms. The van der Waals surface area contributed by atoms with E-state index in [1.807, 2.05) is 18.6 Å². The molecule has 4 rings (SSSR count). The van der Waals surface area contributed by atoms with Gasteiger partial charge in [0.05, 0.1) is 6.20 Å². The Balaban J connectivity index is 1.46. The molecule has 1 N–H and O–H groups in total. The predicted octanol–water partition coefficient (Wildman–Crippen LogP) is 3.86. The molecular weight excluding hydrogens is 336 g/mol. The van der Waals surface area contributed by atoms with Gasteiger partial charge in [0, 0.05) is 41.4 Å². The van der Waals surface area contributed by atoms with Crippen LogP contribution < -0.4 is 0 Å². The average molecular weight is 362 g/mol. The van der Waals surface area contributed by atoms with Crippen LogP contribution in [0.2, 0.25) is 0 Å². The lowest BCUT2D eigenvalue weighted by atomic mass is 9.90. The highest BCUT2D eigenvalue weighted by molar-refractivity contribution is 5.88. The lowest BCUT2D eigenvalue weighted by Gasteiger charge is -2.30. The van der Waals surface area contributed by atoms with E-state index in [0.717, 1.165) is 60.1 Å². The Labute approximate surface area is 159 Å². The zero-order valence-corrected chi connectivity index (χ0v) is 15.8. The maximum absolute atomic E-state index is 12.8. The summed E-state index contributed by atoms with van der Waals surface area (Å²) in [7, 11) is 0. The number of hydrogen-bond donors (Lipinski definition) is 1. The lowest BCUT2D eigenvalue weighted by Crippen LogP contribution is -2.37. The SMILES string of the molecule is CCCN1CCC(C(=O)Cc2cc3cc(-c4cn[nH]c4)ccc3cn2)CC1. The number of H-pyrrole nitrogens is 1. The van der Waals surface area contributed by atoms with E-state index < -0.39 is 0 Å². The Kier molecular flexibility index (Phi) is 5.30. The van der Waals surface area contributed by atoms with Crippen molar-refractivity contribution in [2.45, 2.75) is 32.6 Å². The van der Waals surface area contributed by atoms with Crippen molar-refractivity contribution in [3.8, 4) is 11.1 Å². The van der Waals surface area contributed by atoms with E-state index in [1.54, 1.807) is 0 Å². The molecular formula is C22H26N4O. The first-order chi connectivity index (χ1) is 13.2. The van der Waals surface area contributed by atoms with Gasteiger partial charge in [-0.2, -0.15) is 5.10 Å². The minimum atomic E-state index is 0.188. The minimum absolute atomic E-state index is 0.188. The van der Waals surface area contributed by atoms with Gasteiger partial charge in [-0.15, -0.1) is 0 Å². The Hall–Kier alpha value is -2.53. The Morgan fingerprint density at radius 2 is 2.00 bits per heavy atom. The van der Waals surface area contributed by atoms with Crippen molar-refractivity contribution >= 4 is 16.6 Å². The third-order valence-electron chi connectivity index (χ3n) is 5.55. The molecule has 0 spiro atoms. The zero-order valence-electron chi connectivity index (χ0n) is 15.8. The van der Waals surface area contributed by atoms with Crippen LogP contribution >= 0.6 is 0 Å². The number of carbonyl (C=O) groups is 1. The molecule has 1 aliphatic heterocycles. The molecule has 0 amide bonds. The van der Waals surface area contributed by atoms with Crippen molar-refractivity contribution in [3.05, 3.63) is 48.5 Å². The molecule has 5 nitrogen and oxygen atoms in total. The number of aromatic amines is 1. The number of fused-ring (bicyclic) bond motifs is 1. The Bertz CT molecular complexity index is 911. The quantitative estimate of drug-likeness (QED) is 0.723. The fraction of sp³-hybridized carbons (Fsp3) is 0.409. The number of piperidine rings is 1. The van der Waals surface area contributed by atoms with Crippen LogP contribution in [-0.2, 0) is 11.2 Å². The maximum Gasteiger partial charge on any atom is 0.142 e. The number of nitrogens with one attached hydrogen (secondary N) is 1. The molecule has 1 saturated heterocycles. The van der Waals surface area contributed by atoms with E-state index in [9.17, 15) is 4.79 Å². The third-order valence-corrected chi connectivity index (χ3v) is 5.55. The summed E-state index contributed by atoms with van der Waals surface area (Å²) >= 11 is 0. The highest BCUT2D eigenvalue weighted by Crippen LogP contribution is 2.25. The van der Waals surface area contributed by atoms with Gasteiger partial charge >= 0.3 is 0 Å². The highest BCUT2D eigenvalue weighted by Gasteiger charge is 2.24. The van der Waals surface area contributed by atoms with Crippen LogP contribution in [-0.4, -0.2) is 45.5 Å². The van der Waals surface area contributed by atoms with Crippen LogP contribution in [0, 0.1) is 5.92 Å². The van der Waals surface area contributed by atoms with Gasteiger partial charge in [0.25, 0.3) is 0 Å². The summed E-state index contributed by atoms with van der Waals surface area (Å²) in [4.78, 5) is 19.7. The summed E-state index contributed by atoms with van der Waals surface area (Å²) in [6.45, 7) is 5.44. The summed E-state index contributed by atoms with van der Waals surface area (Å²) in [5, 5.41) is 9.07. The lowest BCUT2D eigenvalue weighted by molar-refractivity contribution is -0.123. The summed E-state index contributed by atoms with van der Waals surface area (Å²) in [6, 6.07) is 8.34. The summed E-state index contributed by atoms with van der Waals surface area (Å²) in [5.41, 5.74) is 3.04. The first-order valence-electron chi connectivity index (χ1n) is 9.86. The van der Waals surface area contributed by atoms with E-state index >= 15 is 0 Å². The van der Waals surface area contributed by atoms with Gasteiger partial charge in [0.15, 0.2) is 0 Å². The van der Waals surface area contributed by atoms with E-state index in [-0.39, 0.29) is 5.92 Å². The molecule has 0 radical (unpaired) electrons. The molecule has 3 aromatic rings. The maximum atomic E-state index is 12.8.